The number of pyridine rings is 1. The van der Waals surface area contributed by atoms with Crippen molar-refractivity contribution in [1.29, 1.82) is 0 Å². The average molecular weight is 452 g/mol. The number of nitrogens with zero attached hydrogens (tertiary/aromatic N) is 2. The van der Waals surface area contributed by atoms with Crippen LogP contribution in [0.2, 0.25) is 0 Å². The predicted molar refractivity (Wildman–Crippen MR) is 101 cm³/mol. The minimum absolute atomic E-state index is 0.0602. The Kier molecular flexibility index (Phi) is 6.96. The molecule has 2 aromatic rings. The highest BCUT2D eigenvalue weighted by Gasteiger charge is 2.37. The number of likely N-dealkylation sites (tertiary alicyclic amines) is 1. The average Bonchev–Trinajstić information content (AvgIpc) is 3.13. The van der Waals surface area contributed by atoms with Gasteiger partial charge in [-0.05, 0) is 37.4 Å². The summed E-state index contributed by atoms with van der Waals surface area (Å²) < 4.78 is 84.5. The fraction of sp³-hybridized carbons (Fsp3) is 0.550. The monoisotopic (exact) mass is 452 g/mol. The third-order valence-electron chi connectivity index (χ3n) is 5.14. The van der Waals surface area contributed by atoms with Crippen LogP contribution in [0.3, 0.4) is 0 Å². The molecular weight excluding hydrogens is 430 g/mol. The molecule has 0 aromatic carbocycles. The lowest BCUT2D eigenvalue weighted by molar-refractivity contribution is -0.138. The minimum Gasteiger partial charge on any atom is -0.488 e. The van der Waals surface area contributed by atoms with E-state index < -0.39 is 22.8 Å². The summed E-state index contributed by atoms with van der Waals surface area (Å²) in [5, 5.41) is 1.33. The van der Waals surface area contributed by atoms with Crippen LogP contribution in [0.4, 0.5) is 26.3 Å². The van der Waals surface area contributed by atoms with Gasteiger partial charge in [0, 0.05) is 36.4 Å². The molecule has 1 fully saturated rings. The van der Waals surface area contributed by atoms with Gasteiger partial charge in [0.1, 0.15) is 16.7 Å². The summed E-state index contributed by atoms with van der Waals surface area (Å²) >= 11 is 0.571. The Labute approximate surface area is 174 Å². The van der Waals surface area contributed by atoms with Gasteiger partial charge in [0.2, 0.25) is 0 Å². The van der Waals surface area contributed by atoms with Crippen LogP contribution in [0, 0.1) is 0 Å². The Morgan fingerprint density at radius 1 is 1.20 bits per heavy atom. The fourth-order valence-electron chi connectivity index (χ4n) is 3.84. The first kappa shape index (κ1) is 22.9. The molecule has 3 nitrogen and oxygen atoms in total. The standard InChI is InChI=1S/C20H22F6N2OS/c1-2-4-16-17(29-14-9-18(30-12-14)20(24,25)26)5-3-8-28(16)11-13-10-27-7-6-15(13)19(21,22)23/h6-7,9-10,12,16-17H,2-5,8,11H2,1H3/t16-,17+/m1/s1. The van der Waals surface area contributed by atoms with Gasteiger partial charge in [-0.2, -0.15) is 26.3 Å². The zero-order valence-electron chi connectivity index (χ0n) is 16.3. The van der Waals surface area contributed by atoms with Crippen molar-refractivity contribution >= 4 is 11.3 Å². The molecule has 1 saturated heterocycles. The molecule has 2 aromatic heterocycles. The van der Waals surface area contributed by atoms with Gasteiger partial charge in [-0.1, -0.05) is 13.3 Å². The first-order valence-corrected chi connectivity index (χ1v) is 10.5. The lowest BCUT2D eigenvalue weighted by Crippen LogP contribution is -2.50. The molecule has 3 heterocycles. The molecule has 0 N–H and O–H groups in total. The van der Waals surface area contributed by atoms with E-state index >= 15 is 0 Å². The number of ether oxygens (including phenoxy) is 1. The van der Waals surface area contributed by atoms with Crippen molar-refractivity contribution in [2.75, 3.05) is 6.54 Å². The van der Waals surface area contributed by atoms with Crippen LogP contribution in [-0.4, -0.2) is 28.6 Å². The molecule has 0 bridgehead atoms. The van der Waals surface area contributed by atoms with E-state index in [4.69, 9.17) is 4.74 Å². The maximum atomic E-state index is 13.3. The Morgan fingerprint density at radius 2 is 1.97 bits per heavy atom. The van der Waals surface area contributed by atoms with E-state index in [-0.39, 0.29) is 30.0 Å². The van der Waals surface area contributed by atoms with Gasteiger partial charge < -0.3 is 4.74 Å². The fourth-order valence-corrected chi connectivity index (χ4v) is 4.52. The van der Waals surface area contributed by atoms with Crippen LogP contribution < -0.4 is 4.74 Å². The third-order valence-corrected chi connectivity index (χ3v) is 6.09. The summed E-state index contributed by atoms with van der Waals surface area (Å²) in [5.74, 6) is 0.151. The quantitative estimate of drug-likeness (QED) is 0.475. The summed E-state index contributed by atoms with van der Waals surface area (Å²) in [5.41, 5.74) is -0.634. The molecule has 1 aliphatic heterocycles. The molecular formula is C20H22F6N2OS. The molecule has 2 atom stereocenters. The van der Waals surface area contributed by atoms with Crippen molar-refractivity contribution in [2.45, 2.75) is 63.7 Å². The van der Waals surface area contributed by atoms with E-state index in [9.17, 15) is 26.3 Å². The number of rotatable bonds is 6. The molecule has 30 heavy (non-hydrogen) atoms. The summed E-state index contributed by atoms with van der Waals surface area (Å²) in [6, 6.07) is 1.75. The topological polar surface area (TPSA) is 25.4 Å². The van der Waals surface area contributed by atoms with Gasteiger partial charge in [0.25, 0.3) is 0 Å². The normalized spacial score (nSPS) is 21.0. The number of thiophene rings is 1. The van der Waals surface area contributed by atoms with Crippen LogP contribution in [-0.2, 0) is 18.9 Å². The zero-order valence-corrected chi connectivity index (χ0v) is 17.1. The Bertz CT molecular complexity index is 835. The summed E-state index contributed by atoms with van der Waals surface area (Å²) in [6.07, 6.45) is -4.19. The Morgan fingerprint density at radius 3 is 2.60 bits per heavy atom. The smallest absolute Gasteiger partial charge is 0.425 e. The second-order valence-corrected chi connectivity index (χ2v) is 8.21. The van der Waals surface area contributed by atoms with E-state index in [0.717, 1.165) is 24.8 Å². The van der Waals surface area contributed by atoms with E-state index in [1.54, 1.807) is 0 Å². The van der Waals surface area contributed by atoms with Gasteiger partial charge in [0.15, 0.2) is 0 Å². The SMILES string of the molecule is CCC[C@@H]1[C@@H](Oc2csc(C(F)(F)F)c2)CCCN1Cc1cnccc1C(F)(F)F. The number of alkyl halides is 6. The highest BCUT2D eigenvalue weighted by atomic mass is 32.1. The number of hydrogen-bond donors (Lipinski definition) is 0. The van der Waals surface area contributed by atoms with Crippen molar-refractivity contribution in [3.05, 3.63) is 45.9 Å². The van der Waals surface area contributed by atoms with E-state index in [1.165, 1.54) is 11.6 Å². The van der Waals surface area contributed by atoms with Gasteiger partial charge in [-0.25, -0.2) is 0 Å². The Hall–Kier alpha value is -1.81. The van der Waals surface area contributed by atoms with Crippen molar-refractivity contribution in [3.8, 4) is 5.75 Å². The van der Waals surface area contributed by atoms with E-state index in [0.29, 0.717) is 37.1 Å². The van der Waals surface area contributed by atoms with Gasteiger partial charge in [-0.15, -0.1) is 11.3 Å². The van der Waals surface area contributed by atoms with Crippen LogP contribution >= 0.6 is 11.3 Å². The summed E-state index contributed by atoms with van der Waals surface area (Å²) in [4.78, 5) is 5.04. The molecule has 0 saturated carbocycles. The molecule has 1 aliphatic rings. The molecule has 0 spiro atoms. The van der Waals surface area contributed by atoms with Crippen molar-refractivity contribution in [1.82, 2.24) is 9.88 Å². The Balaban J connectivity index is 1.79. The molecule has 0 unspecified atom stereocenters. The second kappa shape index (κ2) is 9.13. The summed E-state index contributed by atoms with van der Waals surface area (Å²) in [7, 11) is 0. The highest BCUT2D eigenvalue weighted by Crippen LogP contribution is 2.38. The lowest BCUT2D eigenvalue weighted by Gasteiger charge is -2.41. The number of aromatic nitrogens is 1. The number of halogens is 6. The van der Waals surface area contributed by atoms with Crippen LogP contribution in [0.1, 0.15) is 48.6 Å². The van der Waals surface area contributed by atoms with Gasteiger partial charge in [0.05, 0.1) is 5.56 Å². The highest BCUT2D eigenvalue weighted by molar-refractivity contribution is 7.10. The lowest BCUT2D eigenvalue weighted by atomic mass is 9.94. The van der Waals surface area contributed by atoms with Gasteiger partial charge in [-0.3, -0.25) is 9.88 Å². The predicted octanol–water partition coefficient (Wildman–Crippen LogP) is 6.39. The molecule has 0 aliphatic carbocycles. The van der Waals surface area contributed by atoms with Crippen LogP contribution in [0.15, 0.2) is 29.9 Å². The van der Waals surface area contributed by atoms with Crippen molar-refractivity contribution < 1.29 is 31.1 Å². The first-order chi connectivity index (χ1) is 14.1. The zero-order chi connectivity index (χ0) is 21.9. The van der Waals surface area contributed by atoms with Gasteiger partial charge >= 0.3 is 12.4 Å². The molecule has 0 radical (unpaired) electrons. The van der Waals surface area contributed by atoms with E-state index in [1.807, 2.05) is 11.8 Å². The maximum absolute atomic E-state index is 13.3. The molecule has 166 valence electrons. The second-order valence-electron chi connectivity index (χ2n) is 7.30. The summed E-state index contributed by atoms with van der Waals surface area (Å²) in [6.45, 7) is 2.61. The largest absolute Gasteiger partial charge is 0.488 e. The minimum atomic E-state index is -4.48. The van der Waals surface area contributed by atoms with Crippen LogP contribution in [0.25, 0.3) is 0 Å². The van der Waals surface area contributed by atoms with Crippen molar-refractivity contribution in [2.24, 2.45) is 0 Å². The van der Waals surface area contributed by atoms with Crippen LogP contribution in [0.5, 0.6) is 5.75 Å². The number of piperidine rings is 1. The molecule has 0 amide bonds. The van der Waals surface area contributed by atoms with E-state index in [2.05, 4.69) is 4.98 Å². The van der Waals surface area contributed by atoms with Crippen molar-refractivity contribution in [3.63, 3.8) is 0 Å². The number of hydrogen-bond acceptors (Lipinski definition) is 4. The molecule has 3 rings (SSSR count). The maximum Gasteiger partial charge on any atom is 0.425 e. The third kappa shape index (κ3) is 5.46. The molecule has 10 heteroatoms. The first-order valence-electron chi connectivity index (χ1n) is 9.66.